The Bertz CT molecular complexity index is 2690. The van der Waals surface area contributed by atoms with E-state index in [9.17, 15) is 5.26 Å². The van der Waals surface area contributed by atoms with Crippen LogP contribution in [-0.4, -0.2) is 15.0 Å². The molecule has 10 rings (SSSR count). The molecule has 1 spiro atoms. The number of hydrogen-bond donors (Lipinski definition) is 0. The molecule has 52 heavy (non-hydrogen) atoms. The monoisotopic (exact) mass is 680 g/mol. The van der Waals surface area contributed by atoms with Crippen molar-refractivity contribution < 1.29 is 0 Å². The van der Waals surface area contributed by atoms with Crippen molar-refractivity contribution in [2.24, 2.45) is 0 Å². The summed E-state index contributed by atoms with van der Waals surface area (Å²) in [5.74, 6) is 1.84. The molecule has 0 unspecified atom stereocenters. The van der Waals surface area contributed by atoms with Gasteiger partial charge in [0.05, 0.1) is 17.0 Å². The van der Waals surface area contributed by atoms with Crippen LogP contribution >= 0.6 is 11.8 Å². The molecule has 5 heteroatoms. The van der Waals surface area contributed by atoms with Crippen LogP contribution in [0.1, 0.15) is 27.8 Å². The Labute approximate surface area is 306 Å². The van der Waals surface area contributed by atoms with Crippen molar-refractivity contribution in [1.82, 2.24) is 15.0 Å². The van der Waals surface area contributed by atoms with E-state index >= 15 is 0 Å². The lowest BCUT2D eigenvalue weighted by molar-refractivity contribution is 0.722. The van der Waals surface area contributed by atoms with Gasteiger partial charge in [0.2, 0.25) is 0 Å². The molecule has 0 bridgehead atoms. The van der Waals surface area contributed by atoms with E-state index < -0.39 is 5.41 Å². The summed E-state index contributed by atoms with van der Waals surface area (Å²) < 4.78 is 0. The second kappa shape index (κ2) is 12.0. The zero-order valence-electron chi connectivity index (χ0n) is 27.9. The number of nitrogens with zero attached hydrogens (tertiary/aromatic N) is 4. The number of rotatable bonds is 4. The van der Waals surface area contributed by atoms with Gasteiger partial charge in [0.25, 0.3) is 0 Å². The van der Waals surface area contributed by atoms with E-state index in [-0.39, 0.29) is 0 Å². The number of benzene rings is 7. The maximum Gasteiger partial charge on any atom is 0.164 e. The molecule has 1 aliphatic heterocycles. The van der Waals surface area contributed by atoms with Gasteiger partial charge >= 0.3 is 0 Å². The van der Waals surface area contributed by atoms with E-state index in [1.807, 2.05) is 42.5 Å². The van der Waals surface area contributed by atoms with Gasteiger partial charge in [-0.15, -0.1) is 0 Å². The highest BCUT2D eigenvalue weighted by atomic mass is 32.2. The van der Waals surface area contributed by atoms with Gasteiger partial charge in [-0.25, -0.2) is 15.0 Å². The molecule has 0 radical (unpaired) electrons. The van der Waals surface area contributed by atoms with E-state index in [0.29, 0.717) is 23.0 Å². The van der Waals surface area contributed by atoms with E-state index in [1.54, 1.807) is 11.8 Å². The van der Waals surface area contributed by atoms with Crippen molar-refractivity contribution in [1.29, 1.82) is 5.26 Å². The average Bonchev–Trinajstić information content (AvgIpc) is 3.50. The molecule has 0 N–H and O–H groups in total. The summed E-state index contributed by atoms with van der Waals surface area (Å²) in [6.45, 7) is 0. The molecular weight excluding hydrogens is 653 g/mol. The van der Waals surface area contributed by atoms with E-state index in [1.165, 1.54) is 20.9 Å². The van der Waals surface area contributed by atoms with E-state index in [2.05, 4.69) is 133 Å². The fourth-order valence-corrected chi connectivity index (χ4v) is 9.12. The summed E-state index contributed by atoms with van der Waals surface area (Å²) in [5.41, 5.74) is 12.0. The van der Waals surface area contributed by atoms with Gasteiger partial charge in [0, 0.05) is 26.5 Å². The van der Waals surface area contributed by atoms with Crippen molar-refractivity contribution in [3.63, 3.8) is 0 Å². The maximum absolute atomic E-state index is 10.1. The normalized spacial score (nSPS) is 13.1. The Morgan fingerprint density at radius 1 is 0.404 bits per heavy atom. The average molecular weight is 681 g/mol. The van der Waals surface area contributed by atoms with Crippen LogP contribution in [0, 0.1) is 11.3 Å². The molecule has 0 saturated heterocycles. The van der Waals surface area contributed by atoms with Gasteiger partial charge in [0.1, 0.15) is 0 Å². The van der Waals surface area contributed by atoms with Gasteiger partial charge < -0.3 is 0 Å². The number of hydrogen-bond acceptors (Lipinski definition) is 5. The lowest BCUT2D eigenvalue weighted by atomic mass is 9.67. The third kappa shape index (κ3) is 4.66. The Morgan fingerprint density at radius 3 is 1.56 bits per heavy atom. The van der Waals surface area contributed by atoms with Crippen molar-refractivity contribution in [3.05, 3.63) is 198 Å². The van der Waals surface area contributed by atoms with Crippen LogP contribution in [0.25, 0.3) is 56.4 Å². The zero-order chi connectivity index (χ0) is 34.6. The predicted molar refractivity (Wildman–Crippen MR) is 208 cm³/mol. The van der Waals surface area contributed by atoms with Crippen LogP contribution < -0.4 is 0 Å². The standard InChI is InChI=1S/C47H28N4S/c48-29-30-22-24-36-37-25-23-35(28-41(37)47(40(36)26-30)38-18-7-9-20-42(38)52-43-21-10-8-19-39(43)47)46-50-44(32-14-5-2-6-15-32)49-45(51-46)34-17-11-16-33(27-34)31-12-3-1-4-13-31/h1-28H. The van der Waals surface area contributed by atoms with Gasteiger partial charge in [-0.3, -0.25) is 0 Å². The van der Waals surface area contributed by atoms with Crippen LogP contribution in [0.15, 0.2) is 180 Å². The molecule has 2 aliphatic rings. The highest BCUT2D eigenvalue weighted by Gasteiger charge is 2.50. The first-order chi connectivity index (χ1) is 25.7. The summed E-state index contributed by atoms with van der Waals surface area (Å²) in [6.07, 6.45) is 0. The molecule has 0 atom stereocenters. The Hall–Kier alpha value is -6.61. The smallest absolute Gasteiger partial charge is 0.164 e. The molecular formula is C47H28N4S. The first-order valence-corrected chi connectivity index (χ1v) is 18.1. The minimum atomic E-state index is -0.631. The van der Waals surface area contributed by atoms with E-state index in [0.717, 1.165) is 50.1 Å². The third-order valence-electron chi connectivity index (χ3n) is 10.2. The first kappa shape index (κ1) is 30.2. The van der Waals surface area contributed by atoms with E-state index in [4.69, 9.17) is 15.0 Å². The van der Waals surface area contributed by atoms with Crippen molar-refractivity contribution in [3.8, 4) is 62.5 Å². The van der Waals surface area contributed by atoms with Gasteiger partial charge in [-0.2, -0.15) is 5.26 Å². The first-order valence-electron chi connectivity index (χ1n) is 17.2. The molecule has 4 nitrogen and oxygen atoms in total. The number of fused-ring (bicyclic) bond motifs is 9. The zero-order valence-corrected chi connectivity index (χ0v) is 28.7. The summed E-state index contributed by atoms with van der Waals surface area (Å²) in [7, 11) is 0. The largest absolute Gasteiger partial charge is 0.208 e. The topological polar surface area (TPSA) is 62.5 Å². The molecule has 242 valence electrons. The number of aromatic nitrogens is 3. The molecule has 8 aromatic rings. The van der Waals surface area contributed by atoms with Crippen molar-refractivity contribution in [2.75, 3.05) is 0 Å². The lowest BCUT2D eigenvalue weighted by Crippen LogP contribution is -2.32. The lowest BCUT2D eigenvalue weighted by Gasteiger charge is -2.39. The van der Waals surface area contributed by atoms with Crippen LogP contribution in [-0.2, 0) is 5.41 Å². The van der Waals surface area contributed by atoms with Gasteiger partial charge in [-0.05, 0) is 80.9 Å². The van der Waals surface area contributed by atoms with Crippen LogP contribution in [0.5, 0.6) is 0 Å². The Kier molecular flexibility index (Phi) is 6.99. The fraction of sp³-hybridized carbons (Fsp3) is 0.0213. The maximum atomic E-state index is 10.1. The molecule has 1 aromatic heterocycles. The number of nitriles is 1. The summed E-state index contributed by atoms with van der Waals surface area (Å²) >= 11 is 1.80. The quantitative estimate of drug-likeness (QED) is 0.185. The fourth-order valence-electron chi connectivity index (χ4n) is 7.93. The van der Waals surface area contributed by atoms with Crippen LogP contribution in [0.3, 0.4) is 0 Å². The second-order valence-electron chi connectivity index (χ2n) is 13.1. The minimum absolute atomic E-state index is 0.604. The Balaban J connectivity index is 1.22. The molecule has 0 fully saturated rings. The van der Waals surface area contributed by atoms with Crippen molar-refractivity contribution >= 4 is 11.8 Å². The van der Waals surface area contributed by atoms with Gasteiger partial charge in [0.15, 0.2) is 17.5 Å². The van der Waals surface area contributed by atoms with Crippen molar-refractivity contribution in [2.45, 2.75) is 15.2 Å². The molecule has 7 aromatic carbocycles. The van der Waals surface area contributed by atoms with Gasteiger partial charge in [-0.1, -0.05) is 145 Å². The summed E-state index contributed by atoms with van der Waals surface area (Å²) in [6, 6.07) is 61.4. The predicted octanol–water partition coefficient (Wildman–Crippen LogP) is 11.2. The third-order valence-corrected chi connectivity index (χ3v) is 11.4. The second-order valence-corrected chi connectivity index (χ2v) is 14.2. The minimum Gasteiger partial charge on any atom is -0.208 e. The molecule has 0 amide bonds. The summed E-state index contributed by atoms with van der Waals surface area (Å²) in [4.78, 5) is 17.8. The van der Waals surface area contributed by atoms with Crippen LogP contribution in [0.2, 0.25) is 0 Å². The SMILES string of the molecule is N#Cc1ccc2c(c1)C1(c3ccccc3Sc3ccccc31)c1cc(-c3nc(-c4ccccc4)nc(-c4cccc(-c5ccccc5)c4)n3)ccc1-2. The summed E-state index contributed by atoms with van der Waals surface area (Å²) in [5, 5.41) is 10.1. The highest BCUT2D eigenvalue weighted by molar-refractivity contribution is 7.99. The van der Waals surface area contributed by atoms with Crippen LogP contribution in [0.4, 0.5) is 0 Å². The molecule has 0 saturated carbocycles. The molecule has 1 aliphatic carbocycles. The highest BCUT2D eigenvalue weighted by Crippen LogP contribution is 2.62. The Morgan fingerprint density at radius 2 is 0.904 bits per heavy atom. The molecule has 2 heterocycles.